The Labute approximate surface area is 131 Å². The summed E-state index contributed by atoms with van der Waals surface area (Å²) < 4.78 is 0. The van der Waals surface area contributed by atoms with Gasteiger partial charge in [0.05, 0.1) is 4.88 Å². The van der Waals surface area contributed by atoms with Crippen molar-refractivity contribution in [2.45, 2.75) is 39.7 Å². The summed E-state index contributed by atoms with van der Waals surface area (Å²) in [5.41, 5.74) is 2.12. The lowest BCUT2D eigenvalue weighted by molar-refractivity contribution is 0.0942. The number of carbonyl (C=O) groups excluding carboxylic acids is 1. The molecule has 0 fully saturated rings. The van der Waals surface area contributed by atoms with E-state index < -0.39 is 0 Å². The molecule has 2 rings (SSSR count). The molecule has 21 heavy (non-hydrogen) atoms. The Kier molecular flexibility index (Phi) is 5.57. The Balaban J connectivity index is 2.06. The quantitative estimate of drug-likeness (QED) is 0.802. The van der Waals surface area contributed by atoms with Gasteiger partial charge < -0.3 is 5.32 Å². The maximum Gasteiger partial charge on any atom is 0.262 e. The van der Waals surface area contributed by atoms with Gasteiger partial charge in [0, 0.05) is 11.6 Å². The van der Waals surface area contributed by atoms with Crippen LogP contribution in [0.5, 0.6) is 0 Å². The molecule has 1 atom stereocenters. The second kappa shape index (κ2) is 7.41. The summed E-state index contributed by atoms with van der Waals surface area (Å²) in [5.74, 6) is 0.714. The molecule has 0 saturated heterocycles. The molecule has 1 aromatic heterocycles. The molecule has 112 valence electrons. The highest BCUT2D eigenvalue weighted by atomic mass is 32.1. The van der Waals surface area contributed by atoms with Crippen LogP contribution in [0.2, 0.25) is 0 Å². The standard InChI is InChI=1S/C18H23NOS/c1-13(2)9-10-14(3)19-18(20)17-16(11-12-21-17)15-7-5-4-6-8-15/h4-8,11-14H,9-10H2,1-3H3,(H,19,20). The van der Waals surface area contributed by atoms with Crippen LogP contribution in [0.25, 0.3) is 11.1 Å². The van der Waals surface area contributed by atoms with Crippen LogP contribution in [0.1, 0.15) is 43.3 Å². The number of rotatable bonds is 6. The van der Waals surface area contributed by atoms with Crippen molar-refractivity contribution in [2.75, 3.05) is 0 Å². The van der Waals surface area contributed by atoms with E-state index in [-0.39, 0.29) is 11.9 Å². The van der Waals surface area contributed by atoms with Gasteiger partial charge in [-0.1, -0.05) is 44.2 Å². The number of thiophene rings is 1. The largest absolute Gasteiger partial charge is 0.349 e. The molecule has 0 bridgehead atoms. The minimum absolute atomic E-state index is 0.0418. The van der Waals surface area contributed by atoms with Crippen LogP contribution in [0.4, 0.5) is 0 Å². The molecular weight excluding hydrogens is 278 g/mol. The van der Waals surface area contributed by atoms with Gasteiger partial charge in [-0.3, -0.25) is 4.79 Å². The normalized spacial score (nSPS) is 12.4. The lowest BCUT2D eigenvalue weighted by Crippen LogP contribution is -2.32. The molecule has 0 spiro atoms. The van der Waals surface area contributed by atoms with E-state index in [0.717, 1.165) is 28.8 Å². The topological polar surface area (TPSA) is 29.1 Å². The molecule has 0 aliphatic carbocycles. The van der Waals surface area contributed by atoms with Gasteiger partial charge in [0.1, 0.15) is 0 Å². The third-order valence-corrected chi connectivity index (χ3v) is 4.42. The van der Waals surface area contributed by atoms with Crippen LogP contribution in [-0.2, 0) is 0 Å². The molecule has 0 aliphatic rings. The molecule has 1 N–H and O–H groups in total. The second-order valence-corrected chi connectivity index (χ2v) is 6.79. The highest BCUT2D eigenvalue weighted by Crippen LogP contribution is 2.28. The van der Waals surface area contributed by atoms with Crippen molar-refractivity contribution in [2.24, 2.45) is 5.92 Å². The van der Waals surface area contributed by atoms with Crippen LogP contribution in [-0.4, -0.2) is 11.9 Å². The molecule has 1 heterocycles. The van der Waals surface area contributed by atoms with Gasteiger partial charge in [-0.15, -0.1) is 11.3 Å². The zero-order valence-electron chi connectivity index (χ0n) is 12.9. The maximum atomic E-state index is 12.5. The highest BCUT2D eigenvalue weighted by molar-refractivity contribution is 7.12. The molecule has 1 amide bonds. The predicted octanol–water partition coefficient (Wildman–Crippen LogP) is 4.97. The Bertz CT molecular complexity index is 574. The van der Waals surface area contributed by atoms with Crippen LogP contribution < -0.4 is 5.32 Å². The van der Waals surface area contributed by atoms with E-state index in [0.29, 0.717) is 5.92 Å². The summed E-state index contributed by atoms with van der Waals surface area (Å²) >= 11 is 1.51. The average Bonchev–Trinajstić information content (AvgIpc) is 2.95. The molecule has 3 heteroatoms. The van der Waals surface area contributed by atoms with Crippen molar-refractivity contribution in [1.82, 2.24) is 5.32 Å². The maximum absolute atomic E-state index is 12.5. The van der Waals surface area contributed by atoms with E-state index in [1.807, 2.05) is 41.8 Å². The highest BCUT2D eigenvalue weighted by Gasteiger charge is 2.16. The fraction of sp³-hybridized carbons (Fsp3) is 0.389. The fourth-order valence-corrected chi connectivity index (χ4v) is 3.09. The SMILES string of the molecule is CC(C)CCC(C)NC(=O)c1sccc1-c1ccccc1. The van der Waals surface area contributed by atoms with Crippen molar-refractivity contribution < 1.29 is 4.79 Å². The molecule has 0 radical (unpaired) electrons. The van der Waals surface area contributed by atoms with Gasteiger partial charge in [0.2, 0.25) is 0 Å². The van der Waals surface area contributed by atoms with Crippen LogP contribution in [0, 0.1) is 5.92 Å². The van der Waals surface area contributed by atoms with E-state index in [1.165, 1.54) is 11.3 Å². The van der Waals surface area contributed by atoms with Crippen molar-refractivity contribution in [3.05, 3.63) is 46.7 Å². The van der Waals surface area contributed by atoms with E-state index in [4.69, 9.17) is 0 Å². The third kappa shape index (κ3) is 4.43. The van der Waals surface area contributed by atoms with E-state index in [2.05, 4.69) is 26.1 Å². The molecule has 0 aliphatic heterocycles. The summed E-state index contributed by atoms with van der Waals surface area (Å²) in [5, 5.41) is 5.10. The number of benzene rings is 1. The Morgan fingerprint density at radius 3 is 2.48 bits per heavy atom. The second-order valence-electron chi connectivity index (χ2n) is 5.88. The minimum Gasteiger partial charge on any atom is -0.349 e. The predicted molar refractivity (Wildman–Crippen MR) is 90.8 cm³/mol. The van der Waals surface area contributed by atoms with Crippen molar-refractivity contribution in [3.8, 4) is 11.1 Å². The monoisotopic (exact) mass is 301 g/mol. The lowest BCUT2D eigenvalue weighted by Gasteiger charge is -2.15. The molecular formula is C18H23NOS. The van der Waals surface area contributed by atoms with Gasteiger partial charge in [0.15, 0.2) is 0 Å². The zero-order chi connectivity index (χ0) is 15.2. The molecule has 2 nitrogen and oxygen atoms in total. The first kappa shape index (κ1) is 15.8. The smallest absolute Gasteiger partial charge is 0.262 e. The lowest BCUT2D eigenvalue weighted by atomic mass is 10.0. The first-order valence-corrected chi connectivity index (χ1v) is 8.39. The Morgan fingerprint density at radius 2 is 1.81 bits per heavy atom. The summed E-state index contributed by atoms with van der Waals surface area (Å²) in [7, 11) is 0. The van der Waals surface area contributed by atoms with Crippen molar-refractivity contribution in [3.63, 3.8) is 0 Å². The van der Waals surface area contributed by atoms with Crippen LogP contribution in [0.15, 0.2) is 41.8 Å². The van der Waals surface area contributed by atoms with E-state index in [9.17, 15) is 4.79 Å². The van der Waals surface area contributed by atoms with Gasteiger partial charge in [0.25, 0.3) is 5.91 Å². The number of nitrogens with one attached hydrogen (secondary N) is 1. The summed E-state index contributed by atoms with van der Waals surface area (Å²) in [6.07, 6.45) is 2.16. The first-order valence-electron chi connectivity index (χ1n) is 7.51. The fourth-order valence-electron chi connectivity index (χ4n) is 2.27. The molecule has 1 unspecified atom stereocenters. The van der Waals surface area contributed by atoms with E-state index >= 15 is 0 Å². The number of hydrogen-bond donors (Lipinski definition) is 1. The van der Waals surface area contributed by atoms with Gasteiger partial charge in [-0.05, 0) is 42.7 Å². The van der Waals surface area contributed by atoms with Crippen molar-refractivity contribution in [1.29, 1.82) is 0 Å². The Hall–Kier alpha value is -1.61. The van der Waals surface area contributed by atoms with Gasteiger partial charge in [-0.2, -0.15) is 0 Å². The summed E-state index contributed by atoms with van der Waals surface area (Å²) in [6, 6.07) is 12.3. The minimum atomic E-state index is 0.0418. The number of amides is 1. The summed E-state index contributed by atoms with van der Waals surface area (Å²) in [4.78, 5) is 13.3. The molecule has 0 saturated carbocycles. The summed E-state index contributed by atoms with van der Waals surface area (Å²) in [6.45, 7) is 6.50. The first-order chi connectivity index (χ1) is 10.1. The van der Waals surface area contributed by atoms with Crippen LogP contribution >= 0.6 is 11.3 Å². The number of hydrogen-bond acceptors (Lipinski definition) is 2. The molecule has 2 aromatic rings. The van der Waals surface area contributed by atoms with Gasteiger partial charge >= 0.3 is 0 Å². The molecule has 1 aromatic carbocycles. The zero-order valence-corrected chi connectivity index (χ0v) is 13.7. The van der Waals surface area contributed by atoms with Gasteiger partial charge in [-0.25, -0.2) is 0 Å². The van der Waals surface area contributed by atoms with Crippen molar-refractivity contribution >= 4 is 17.2 Å². The number of carbonyl (C=O) groups is 1. The average molecular weight is 301 g/mol. The Morgan fingerprint density at radius 1 is 1.10 bits per heavy atom. The van der Waals surface area contributed by atoms with Crippen LogP contribution in [0.3, 0.4) is 0 Å². The third-order valence-electron chi connectivity index (χ3n) is 3.51. The van der Waals surface area contributed by atoms with E-state index in [1.54, 1.807) is 0 Å².